The molecule has 5 nitrogen and oxygen atoms in total. The first-order valence-corrected chi connectivity index (χ1v) is 9.87. The Balaban J connectivity index is 1.37. The van der Waals surface area contributed by atoms with Crippen molar-refractivity contribution in [2.75, 3.05) is 19.6 Å². The van der Waals surface area contributed by atoms with E-state index < -0.39 is 6.10 Å². The number of aliphatic hydroxyl groups is 1. The van der Waals surface area contributed by atoms with E-state index in [-0.39, 0.29) is 11.3 Å². The zero-order valence-corrected chi connectivity index (χ0v) is 15.6. The number of rotatable bonds is 3. The van der Waals surface area contributed by atoms with Crippen LogP contribution in [0.25, 0.3) is 0 Å². The predicted molar refractivity (Wildman–Crippen MR) is 98.6 cm³/mol. The number of hydrogen-bond acceptors (Lipinski definition) is 3. The van der Waals surface area contributed by atoms with E-state index in [0.717, 1.165) is 38.6 Å². The summed E-state index contributed by atoms with van der Waals surface area (Å²) in [5.74, 6) is 0.0582. The van der Waals surface area contributed by atoms with Crippen LogP contribution in [-0.4, -0.2) is 52.4 Å². The van der Waals surface area contributed by atoms with Crippen LogP contribution >= 0.6 is 11.6 Å². The maximum atomic E-state index is 12.7. The molecule has 1 N–H and O–H groups in total. The molecule has 3 fully saturated rings. The molecule has 1 spiro atoms. The van der Waals surface area contributed by atoms with Crippen LogP contribution in [0.5, 0.6) is 0 Å². The standard InChI is InChI=1S/C20H25ClN2O3/c21-15-3-1-14(2-4-15)18(25)19(26)22-11-9-20(10-12-22)8-7-17(24)23(13-20)16-5-6-16/h1-4,16,18,25H,5-13H2/t18-/m0/s1. The van der Waals surface area contributed by atoms with E-state index in [1.54, 1.807) is 29.2 Å². The molecule has 2 saturated heterocycles. The average Bonchev–Trinajstić information content (AvgIpc) is 3.49. The van der Waals surface area contributed by atoms with E-state index in [2.05, 4.69) is 4.90 Å². The summed E-state index contributed by atoms with van der Waals surface area (Å²) in [6.07, 6.45) is 4.51. The van der Waals surface area contributed by atoms with E-state index in [9.17, 15) is 14.7 Å². The maximum absolute atomic E-state index is 12.7. The second-order valence-electron chi connectivity index (χ2n) is 8.03. The zero-order chi connectivity index (χ0) is 18.3. The Morgan fingerprint density at radius 1 is 1.15 bits per heavy atom. The van der Waals surface area contributed by atoms with Gasteiger partial charge in [-0.15, -0.1) is 0 Å². The Morgan fingerprint density at radius 3 is 2.42 bits per heavy atom. The fourth-order valence-corrected chi connectivity index (χ4v) is 4.46. The smallest absolute Gasteiger partial charge is 0.256 e. The number of amides is 2. The summed E-state index contributed by atoms with van der Waals surface area (Å²) in [5.41, 5.74) is 0.723. The lowest BCUT2D eigenvalue weighted by atomic mass is 9.72. The molecular weight excluding hydrogens is 352 g/mol. The molecule has 0 aromatic heterocycles. The van der Waals surface area contributed by atoms with Crippen molar-refractivity contribution in [3.63, 3.8) is 0 Å². The highest BCUT2D eigenvalue weighted by Gasteiger charge is 2.45. The molecule has 2 amide bonds. The number of hydrogen-bond donors (Lipinski definition) is 1. The number of halogens is 1. The third-order valence-electron chi connectivity index (χ3n) is 6.24. The molecule has 1 saturated carbocycles. The third-order valence-corrected chi connectivity index (χ3v) is 6.49. The quantitative estimate of drug-likeness (QED) is 0.882. The normalized spacial score (nSPS) is 24.0. The highest BCUT2D eigenvalue weighted by atomic mass is 35.5. The maximum Gasteiger partial charge on any atom is 0.256 e. The molecule has 1 aromatic carbocycles. The number of piperidine rings is 2. The molecule has 1 aromatic rings. The molecule has 140 valence electrons. The highest BCUT2D eigenvalue weighted by Crippen LogP contribution is 2.43. The van der Waals surface area contributed by atoms with Gasteiger partial charge in [0, 0.05) is 37.1 Å². The molecule has 2 heterocycles. The van der Waals surface area contributed by atoms with Crippen LogP contribution in [-0.2, 0) is 9.59 Å². The van der Waals surface area contributed by atoms with Crippen molar-refractivity contribution in [3.8, 4) is 0 Å². The topological polar surface area (TPSA) is 60.9 Å². The SMILES string of the molecule is O=C([C@@H](O)c1ccc(Cl)cc1)N1CCC2(CCC(=O)N(C3CC3)C2)CC1. The van der Waals surface area contributed by atoms with Gasteiger partial charge in [0.2, 0.25) is 5.91 Å². The Kier molecular flexibility index (Phi) is 4.70. The second-order valence-corrected chi connectivity index (χ2v) is 8.47. The van der Waals surface area contributed by atoms with Crippen molar-refractivity contribution in [2.24, 2.45) is 5.41 Å². The van der Waals surface area contributed by atoms with E-state index in [1.807, 2.05) is 0 Å². The van der Waals surface area contributed by atoms with Gasteiger partial charge in [-0.1, -0.05) is 23.7 Å². The number of likely N-dealkylation sites (tertiary alicyclic amines) is 2. The molecule has 26 heavy (non-hydrogen) atoms. The lowest BCUT2D eigenvalue weighted by molar-refractivity contribution is -0.147. The van der Waals surface area contributed by atoms with E-state index in [1.165, 1.54) is 0 Å². The van der Waals surface area contributed by atoms with Crippen LogP contribution in [0.3, 0.4) is 0 Å². The zero-order valence-electron chi connectivity index (χ0n) is 14.9. The molecule has 1 atom stereocenters. The van der Waals surface area contributed by atoms with Gasteiger partial charge in [-0.2, -0.15) is 0 Å². The van der Waals surface area contributed by atoms with Crippen molar-refractivity contribution >= 4 is 23.4 Å². The average molecular weight is 377 g/mol. The Labute approximate surface area is 158 Å². The van der Waals surface area contributed by atoms with Crippen molar-refractivity contribution in [2.45, 2.75) is 50.7 Å². The summed E-state index contributed by atoms with van der Waals surface area (Å²) < 4.78 is 0. The summed E-state index contributed by atoms with van der Waals surface area (Å²) >= 11 is 5.87. The molecule has 0 bridgehead atoms. The van der Waals surface area contributed by atoms with Crippen LogP contribution in [0.1, 0.15) is 50.2 Å². The first-order valence-electron chi connectivity index (χ1n) is 9.49. The fraction of sp³-hybridized carbons (Fsp3) is 0.600. The third kappa shape index (κ3) is 3.47. The molecule has 0 unspecified atom stereocenters. The van der Waals surface area contributed by atoms with Crippen molar-refractivity contribution in [1.82, 2.24) is 9.80 Å². The van der Waals surface area contributed by atoms with Crippen molar-refractivity contribution < 1.29 is 14.7 Å². The van der Waals surface area contributed by atoms with Crippen LogP contribution < -0.4 is 0 Å². The first-order chi connectivity index (χ1) is 12.5. The summed E-state index contributed by atoms with van der Waals surface area (Å²) in [6, 6.07) is 7.22. The summed E-state index contributed by atoms with van der Waals surface area (Å²) in [5, 5.41) is 11.0. The minimum atomic E-state index is -1.14. The largest absolute Gasteiger partial charge is 0.378 e. The highest BCUT2D eigenvalue weighted by molar-refractivity contribution is 6.30. The summed E-state index contributed by atoms with van der Waals surface area (Å²) in [6.45, 7) is 2.14. The number of carbonyl (C=O) groups excluding carboxylic acids is 2. The van der Waals surface area contributed by atoms with Gasteiger partial charge in [0.1, 0.15) is 0 Å². The number of carbonyl (C=O) groups is 2. The molecule has 3 aliphatic rings. The van der Waals surface area contributed by atoms with Gasteiger partial charge < -0.3 is 14.9 Å². The van der Waals surface area contributed by atoms with E-state index in [0.29, 0.717) is 42.0 Å². The lowest BCUT2D eigenvalue weighted by Gasteiger charge is -2.47. The van der Waals surface area contributed by atoms with Gasteiger partial charge in [-0.05, 0) is 55.2 Å². The molecule has 4 rings (SSSR count). The second kappa shape index (κ2) is 6.86. The predicted octanol–water partition coefficient (Wildman–Crippen LogP) is 2.77. The minimum absolute atomic E-state index is 0.151. The van der Waals surface area contributed by atoms with E-state index >= 15 is 0 Å². The molecular formula is C20H25ClN2O3. The number of benzene rings is 1. The lowest BCUT2D eigenvalue weighted by Crippen LogP contribution is -2.53. The Morgan fingerprint density at radius 2 is 1.81 bits per heavy atom. The number of nitrogens with zero attached hydrogens (tertiary/aromatic N) is 2. The molecule has 2 aliphatic heterocycles. The Bertz CT molecular complexity index is 694. The van der Waals surface area contributed by atoms with Gasteiger partial charge in [0.15, 0.2) is 6.10 Å². The van der Waals surface area contributed by atoms with Gasteiger partial charge in [0.05, 0.1) is 0 Å². The first kappa shape index (κ1) is 17.8. The van der Waals surface area contributed by atoms with Gasteiger partial charge >= 0.3 is 0 Å². The van der Waals surface area contributed by atoms with Crippen molar-refractivity contribution in [3.05, 3.63) is 34.9 Å². The van der Waals surface area contributed by atoms with Crippen LogP contribution in [0, 0.1) is 5.41 Å². The Hall–Kier alpha value is -1.59. The fourth-order valence-electron chi connectivity index (χ4n) is 4.33. The number of aliphatic hydroxyl groups excluding tert-OH is 1. The summed E-state index contributed by atoms with van der Waals surface area (Å²) in [4.78, 5) is 28.7. The van der Waals surface area contributed by atoms with Crippen LogP contribution in [0.2, 0.25) is 5.02 Å². The van der Waals surface area contributed by atoms with E-state index in [4.69, 9.17) is 11.6 Å². The van der Waals surface area contributed by atoms with Gasteiger partial charge in [-0.25, -0.2) is 0 Å². The minimum Gasteiger partial charge on any atom is -0.378 e. The summed E-state index contributed by atoms with van der Waals surface area (Å²) in [7, 11) is 0. The monoisotopic (exact) mass is 376 g/mol. The van der Waals surface area contributed by atoms with Gasteiger partial charge in [0.25, 0.3) is 5.91 Å². The van der Waals surface area contributed by atoms with Crippen molar-refractivity contribution in [1.29, 1.82) is 0 Å². The van der Waals surface area contributed by atoms with Crippen LogP contribution in [0.4, 0.5) is 0 Å². The molecule has 1 aliphatic carbocycles. The van der Waals surface area contributed by atoms with Gasteiger partial charge in [-0.3, -0.25) is 9.59 Å². The molecule has 0 radical (unpaired) electrons. The molecule has 6 heteroatoms. The van der Waals surface area contributed by atoms with Crippen LogP contribution in [0.15, 0.2) is 24.3 Å².